The molecule has 0 saturated heterocycles. The summed E-state index contributed by atoms with van der Waals surface area (Å²) in [4.78, 5) is 28.4. The van der Waals surface area contributed by atoms with Crippen molar-refractivity contribution in [1.82, 2.24) is 15.0 Å². The number of rotatable bonds is 8. The quantitative estimate of drug-likeness (QED) is 0.439. The summed E-state index contributed by atoms with van der Waals surface area (Å²) in [7, 11) is 0. The van der Waals surface area contributed by atoms with Gasteiger partial charge in [0.05, 0.1) is 4.92 Å². The second-order valence-electron chi connectivity index (χ2n) is 6.31. The number of nitro groups is 1. The summed E-state index contributed by atoms with van der Waals surface area (Å²) in [5, 5.41) is 14.8. The van der Waals surface area contributed by atoms with E-state index in [1.165, 1.54) is 24.6 Å². The van der Waals surface area contributed by atoms with Crippen molar-refractivity contribution in [2.24, 2.45) is 0 Å². The molecule has 0 aliphatic heterocycles. The second-order valence-corrected chi connectivity index (χ2v) is 6.31. The first-order valence-corrected chi connectivity index (χ1v) is 8.90. The molecule has 3 aromatic rings. The van der Waals surface area contributed by atoms with Gasteiger partial charge in [-0.25, -0.2) is 0 Å². The maximum atomic E-state index is 11.9. The molecule has 1 aromatic heterocycles. The zero-order valence-corrected chi connectivity index (χ0v) is 15.4. The van der Waals surface area contributed by atoms with Crippen molar-refractivity contribution in [2.75, 3.05) is 13.1 Å². The lowest BCUT2D eigenvalue weighted by atomic mass is 10.1. The summed E-state index contributed by atoms with van der Waals surface area (Å²) in [6, 6.07) is 16.0. The summed E-state index contributed by atoms with van der Waals surface area (Å²) in [5.41, 5.74) is 1.64. The number of aromatic nitrogens is 2. The Bertz CT molecular complexity index is 956. The summed E-state index contributed by atoms with van der Waals surface area (Å²) in [6.45, 7) is 2.59. The minimum absolute atomic E-state index is 0.0191. The van der Waals surface area contributed by atoms with Gasteiger partial charge < -0.3 is 9.42 Å². The zero-order valence-electron chi connectivity index (χ0n) is 15.4. The molecule has 0 saturated carbocycles. The van der Waals surface area contributed by atoms with Gasteiger partial charge in [0.2, 0.25) is 17.6 Å². The lowest BCUT2D eigenvalue weighted by molar-refractivity contribution is -0.384. The predicted octanol–water partition coefficient (Wildman–Crippen LogP) is 3.28. The van der Waals surface area contributed by atoms with Crippen molar-refractivity contribution in [3.63, 3.8) is 0 Å². The van der Waals surface area contributed by atoms with E-state index in [0.29, 0.717) is 31.0 Å². The molecular formula is C20H20N4O4. The van der Waals surface area contributed by atoms with Gasteiger partial charge in [0.25, 0.3) is 5.69 Å². The first kappa shape index (κ1) is 19.2. The third kappa shape index (κ3) is 5.00. The number of nitro benzene ring substituents is 1. The van der Waals surface area contributed by atoms with Gasteiger partial charge in [-0.1, -0.05) is 47.6 Å². The number of hydrogen-bond donors (Lipinski definition) is 0. The van der Waals surface area contributed by atoms with Crippen molar-refractivity contribution in [2.45, 2.75) is 19.8 Å². The van der Waals surface area contributed by atoms with Crippen molar-refractivity contribution in [3.8, 4) is 11.4 Å². The van der Waals surface area contributed by atoms with Gasteiger partial charge in [0.15, 0.2) is 0 Å². The number of carbonyl (C=O) groups excluding carboxylic acids is 1. The summed E-state index contributed by atoms with van der Waals surface area (Å²) in [6.07, 6.45) is 1.18. The molecule has 0 atom stereocenters. The molecule has 144 valence electrons. The van der Waals surface area contributed by atoms with Crippen LogP contribution in [0.25, 0.3) is 11.4 Å². The van der Waals surface area contributed by atoms with E-state index in [2.05, 4.69) is 10.1 Å². The molecule has 3 rings (SSSR count). The zero-order chi connectivity index (χ0) is 19.9. The maximum Gasteiger partial charge on any atom is 0.270 e. The third-order valence-corrected chi connectivity index (χ3v) is 4.34. The van der Waals surface area contributed by atoms with Gasteiger partial charge in [-0.3, -0.25) is 14.9 Å². The fourth-order valence-electron chi connectivity index (χ4n) is 2.80. The molecule has 2 aromatic carbocycles. The number of amides is 1. The van der Waals surface area contributed by atoms with Crippen LogP contribution in [0.5, 0.6) is 0 Å². The van der Waals surface area contributed by atoms with Crippen LogP contribution < -0.4 is 0 Å². The van der Waals surface area contributed by atoms with Crippen LogP contribution >= 0.6 is 0 Å². The van der Waals surface area contributed by atoms with Crippen molar-refractivity contribution in [1.29, 1.82) is 0 Å². The topological polar surface area (TPSA) is 102 Å². The van der Waals surface area contributed by atoms with Gasteiger partial charge in [-0.2, -0.15) is 4.98 Å². The summed E-state index contributed by atoms with van der Waals surface area (Å²) < 4.78 is 5.24. The highest BCUT2D eigenvalue weighted by Gasteiger charge is 2.15. The van der Waals surface area contributed by atoms with Crippen LogP contribution in [-0.4, -0.2) is 39.0 Å². The van der Waals surface area contributed by atoms with Crippen molar-refractivity contribution >= 4 is 11.6 Å². The maximum absolute atomic E-state index is 11.9. The van der Waals surface area contributed by atoms with Crippen LogP contribution in [0.1, 0.15) is 18.4 Å². The molecule has 0 unspecified atom stereocenters. The Labute approximate surface area is 161 Å². The van der Waals surface area contributed by atoms with E-state index in [1.807, 2.05) is 30.3 Å². The minimum atomic E-state index is -0.470. The molecule has 0 N–H and O–H groups in total. The van der Waals surface area contributed by atoms with Crippen molar-refractivity contribution in [3.05, 3.63) is 76.2 Å². The number of carbonyl (C=O) groups is 1. The highest BCUT2D eigenvalue weighted by atomic mass is 16.6. The molecule has 8 nitrogen and oxygen atoms in total. The normalized spacial score (nSPS) is 10.6. The molecule has 1 heterocycles. The van der Waals surface area contributed by atoms with Gasteiger partial charge >= 0.3 is 0 Å². The van der Waals surface area contributed by atoms with Gasteiger partial charge in [0.1, 0.15) is 0 Å². The number of hydrogen-bond acceptors (Lipinski definition) is 6. The van der Waals surface area contributed by atoms with Crippen LogP contribution in [-0.2, 0) is 17.6 Å². The lowest BCUT2D eigenvalue weighted by Crippen LogP contribution is -2.32. The standard InChI is InChI=1S/C20H20N4O4/c1-15(25)23(12-10-16-6-3-2-4-7-16)13-11-19-21-20(22-28-19)17-8-5-9-18(14-17)24(26)27/h2-9,14H,10-13H2,1H3. The molecule has 0 spiro atoms. The molecule has 8 heteroatoms. The highest BCUT2D eigenvalue weighted by Crippen LogP contribution is 2.21. The van der Waals surface area contributed by atoms with E-state index >= 15 is 0 Å². The van der Waals surface area contributed by atoms with Crippen LogP contribution in [0.15, 0.2) is 59.1 Å². The third-order valence-electron chi connectivity index (χ3n) is 4.34. The van der Waals surface area contributed by atoms with Crippen LogP contribution in [0.3, 0.4) is 0 Å². The molecular weight excluding hydrogens is 360 g/mol. The van der Waals surface area contributed by atoms with Gasteiger partial charge in [0, 0.05) is 44.1 Å². The number of non-ortho nitro benzene ring substituents is 1. The molecule has 0 bridgehead atoms. The first-order valence-electron chi connectivity index (χ1n) is 8.90. The number of nitrogens with zero attached hydrogens (tertiary/aromatic N) is 4. The Morgan fingerprint density at radius 1 is 1.11 bits per heavy atom. The second kappa shape index (κ2) is 8.90. The average Bonchev–Trinajstić information content (AvgIpc) is 3.17. The van der Waals surface area contributed by atoms with Crippen LogP contribution in [0.2, 0.25) is 0 Å². The van der Waals surface area contributed by atoms with E-state index < -0.39 is 4.92 Å². The monoisotopic (exact) mass is 380 g/mol. The van der Waals surface area contributed by atoms with Crippen molar-refractivity contribution < 1.29 is 14.2 Å². The molecule has 0 radical (unpaired) electrons. The fraction of sp³-hybridized carbons (Fsp3) is 0.250. The van der Waals surface area contributed by atoms with E-state index in [-0.39, 0.29) is 17.4 Å². The Hall–Kier alpha value is -3.55. The molecule has 0 fully saturated rings. The Balaban J connectivity index is 1.61. The number of benzene rings is 2. The molecule has 0 aliphatic carbocycles. The highest BCUT2D eigenvalue weighted by molar-refractivity contribution is 5.73. The van der Waals surface area contributed by atoms with E-state index in [9.17, 15) is 14.9 Å². The Kier molecular flexibility index (Phi) is 6.11. The van der Waals surface area contributed by atoms with Gasteiger partial charge in [-0.15, -0.1) is 0 Å². The average molecular weight is 380 g/mol. The minimum Gasteiger partial charge on any atom is -0.342 e. The van der Waals surface area contributed by atoms with Gasteiger partial charge in [-0.05, 0) is 12.0 Å². The Morgan fingerprint density at radius 3 is 2.57 bits per heavy atom. The van der Waals surface area contributed by atoms with Crippen LogP contribution in [0.4, 0.5) is 5.69 Å². The smallest absolute Gasteiger partial charge is 0.270 e. The Morgan fingerprint density at radius 2 is 1.86 bits per heavy atom. The van der Waals surface area contributed by atoms with E-state index in [0.717, 1.165) is 6.42 Å². The molecule has 0 aliphatic rings. The summed E-state index contributed by atoms with van der Waals surface area (Å²) in [5.74, 6) is 0.652. The van der Waals surface area contributed by atoms with E-state index in [4.69, 9.17) is 4.52 Å². The van der Waals surface area contributed by atoms with Crippen LogP contribution in [0, 0.1) is 10.1 Å². The fourth-order valence-corrected chi connectivity index (χ4v) is 2.80. The summed E-state index contributed by atoms with van der Waals surface area (Å²) >= 11 is 0. The lowest BCUT2D eigenvalue weighted by Gasteiger charge is -2.20. The van der Waals surface area contributed by atoms with E-state index in [1.54, 1.807) is 17.0 Å². The predicted molar refractivity (Wildman–Crippen MR) is 102 cm³/mol. The molecule has 28 heavy (non-hydrogen) atoms. The molecule has 1 amide bonds. The first-order chi connectivity index (χ1) is 13.5. The largest absolute Gasteiger partial charge is 0.342 e. The SMILES string of the molecule is CC(=O)N(CCc1ccccc1)CCc1nc(-c2cccc([N+](=O)[O-])c2)no1.